The van der Waals surface area contributed by atoms with Crippen LogP contribution < -0.4 is 16.2 Å². The lowest BCUT2D eigenvalue weighted by atomic mass is 9.95. The number of anilines is 2. The number of thioether (sulfide) groups is 1. The molecule has 6 heteroatoms. The molecule has 1 aromatic heterocycles. The molecule has 0 unspecified atom stereocenters. The van der Waals surface area contributed by atoms with Gasteiger partial charge in [-0.15, -0.1) is 11.8 Å². The van der Waals surface area contributed by atoms with Crippen molar-refractivity contribution in [1.82, 2.24) is 9.97 Å². The molecule has 1 heterocycles. The molecule has 5 nitrogen and oxygen atoms in total. The first-order chi connectivity index (χ1) is 12.0. The van der Waals surface area contributed by atoms with Gasteiger partial charge in [0.1, 0.15) is 16.6 Å². The number of hydrogen-bond acceptors (Lipinski definition) is 6. The zero-order valence-electron chi connectivity index (χ0n) is 15.6. The standard InChI is InChI=1S/C19H28N4OS/c1-5-7-13-9-12(10-14(8-6-2)16(13)24-3)11-15-17(20)22-19(21)23-18(15)25-4/h9-10H,5-8,11H2,1-4H3,(H4,20,21,22,23). The Morgan fingerprint density at radius 2 is 1.64 bits per heavy atom. The van der Waals surface area contributed by atoms with Crippen LogP contribution in [0.3, 0.4) is 0 Å². The molecule has 0 saturated heterocycles. The summed E-state index contributed by atoms with van der Waals surface area (Å²) in [6.07, 6.45) is 6.82. The topological polar surface area (TPSA) is 87.0 Å². The number of hydrogen-bond donors (Lipinski definition) is 2. The second kappa shape index (κ2) is 8.94. The summed E-state index contributed by atoms with van der Waals surface area (Å²) in [6.45, 7) is 4.37. The van der Waals surface area contributed by atoms with Crippen molar-refractivity contribution < 1.29 is 4.74 Å². The van der Waals surface area contributed by atoms with Crippen LogP contribution in [0.2, 0.25) is 0 Å². The van der Waals surface area contributed by atoms with Crippen LogP contribution in [0.5, 0.6) is 5.75 Å². The van der Waals surface area contributed by atoms with Gasteiger partial charge in [-0.1, -0.05) is 38.8 Å². The second-order valence-electron chi connectivity index (χ2n) is 6.08. The van der Waals surface area contributed by atoms with Crippen LogP contribution in [0, 0.1) is 0 Å². The van der Waals surface area contributed by atoms with Gasteiger partial charge in [0.15, 0.2) is 0 Å². The van der Waals surface area contributed by atoms with E-state index in [2.05, 4.69) is 35.9 Å². The van der Waals surface area contributed by atoms with Crippen molar-refractivity contribution in [2.75, 3.05) is 24.8 Å². The van der Waals surface area contributed by atoms with Gasteiger partial charge in [0.05, 0.1) is 7.11 Å². The molecular formula is C19H28N4OS. The second-order valence-corrected chi connectivity index (χ2v) is 6.87. The Morgan fingerprint density at radius 1 is 1.04 bits per heavy atom. The third-order valence-corrected chi connectivity index (χ3v) is 4.86. The van der Waals surface area contributed by atoms with Gasteiger partial charge in [-0.25, -0.2) is 4.98 Å². The number of nitrogens with two attached hydrogens (primary N) is 2. The van der Waals surface area contributed by atoms with E-state index in [-0.39, 0.29) is 5.95 Å². The molecule has 0 atom stereocenters. The van der Waals surface area contributed by atoms with Gasteiger partial charge in [0, 0.05) is 12.0 Å². The normalized spacial score (nSPS) is 10.9. The van der Waals surface area contributed by atoms with E-state index in [0.717, 1.165) is 42.0 Å². The van der Waals surface area contributed by atoms with Crippen LogP contribution in [0.25, 0.3) is 0 Å². The zero-order chi connectivity index (χ0) is 18.4. The van der Waals surface area contributed by atoms with E-state index < -0.39 is 0 Å². The first-order valence-corrected chi connectivity index (χ1v) is 9.90. The molecule has 1 aromatic carbocycles. The van der Waals surface area contributed by atoms with Gasteiger partial charge in [-0.2, -0.15) is 4.98 Å². The van der Waals surface area contributed by atoms with Gasteiger partial charge in [0.25, 0.3) is 0 Å². The quantitative estimate of drug-likeness (QED) is 0.549. The molecule has 0 aliphatic heterocycles. The molecule has 0 radical (unpaired) electrons. The molecule has 136 valence electrons. The van der Waals surface area contributed by atoms with Gasteiger partial charge >= 0.3 is 0 Å². The Morgan fingerprint density at radius 3 is 2.12 bits per heavy atom. The van der Waals surface area contributed by atoms with Crippen LogP contribution in [-0.2, 0) is 19.3 Å². The maximum absolute atomic E-state index is 6.13. The monoisotopic (exact) mass is 360 g/mol. The molecule has 2 aromatic rings. The smallest absolute Gasteiger partial charge is 0.223 e. The van der Waals surface area contributed by atoms with Gasteiger partial charge < -0.3 is 16.2 Å². The van der Waals surface area contributed by atoms with Crippen LogP contribution >= 0.6 is 11.8 Å². The molecular weight excluding hydrogens is 332 g/mol. The zero-order valence-corrected chi connectivity index (χ0v) is 16.4. The Bertz CT molecular complexity index is 707. The number of nitrogen functional groups attached to an aromatic ring is 2. The van der Waals surface area contributed by atoms with Gasteiger partial charge in [-0.3, -0.25) is 0 Å². The van der Waals surface area contributed by atoms with Crippen molar-refractivity contribution in [3.8, 4) is 5.75 Å². The Balaban J connectivity index is 2.49. The first-order valence-electron chi connectivity index (χ1n) is 8.68. The first kappa shape index (κ1) is 19.4. The Kier molecular flexibility index (Phi) is 6.93. The van der Waals surface area contributed by atoms with E-state index in [4.69, 9.17) is 16.2 Å². The molecule has 0 spiro atoms. The van der Waals surface area contributed by atoms with E-state index in [9.17, 15) is 0 Å². The van der Waals surface area contributed by atoms with Crippen molar-refractivity contribution in [3.05, 3.63) is 34.4 Å². The van der Waals surface area contributed by atoms with Crippen molar-refractivity contribution in [3.63, 3.8) is 0 Å². The molecule has 2 rings (SSSR count). The summed E-state index contributed by atoms with van der Waals surface area (Å²) in [5.41, 5.74) is 16.5. The van der Waals surface area contributed by atoms with Crippen molar-refractivity contribution >= 4 is 23.5 Å². The van der Waals surface area contributed by atoms with Crippen molar-refractivity contribution in [1.29, 1.82) is 0 Å². The highest BCUT2D eigenvalue weighted by Gasteiger charge is 2.15. The molecule has 0 aliphatic carbocycles. The summed E-state index contributed by atoms with van der Waals surface area (Å²) in [7, 11) is 1.75. The number of nitrogens with zero attached hydrogens (tertiary/aromatic N) is 2. The highest BCUT2D eigenvalue weighted by atomic mass is 32.2. The van der Waals surface area contributed by atoms with Gasteiger partial charge in [-0.05, 0) is 35.8 Å². The highest BCUT2D eigenvalue weighted by molar-refractivity contribution is 7.98. The molecule has 25 heavy (non-hydrogen) atoms. The summed E-state index contributed by atoms with van der Waals surface area (Å²) in [5.74, 6) is 1.71. The molecule has 0 amide bonds. The van der Waals surface area contributed by atoms with Crippen LogP contribution in [0.1, 0.15) is 48.9 Å². The molecule has 0 aliphatic rings. The van der Waals surface area contributed by atoms with Crippen molar-refractivity contribution in [2.45, 2.75) is 51.0 Å². The predicted octanol–water partition coefficient (Wildman–Crippen LogP) is 3.87. The molecule has 0 bridgehead atoms. The molecule has 4 N–H and O–H groups in total. The number of ether oxygens (including phenoxy) is 1. The fraction of sp³-hybridized carbons (Fsp3) is 0.474. The predicted molar refractivity (Wildman–Crippen MR) is 106 cm³/mol. The molecule has 0 saturated carbocycles. The Hall–Kier alpha value is -1.95. The van der Waals surface area contributed by atoms with E-state index in [1.54, 1.807) is 18.9 Å². The summed E-state index contributed by atoms with van der Waals surface area (Å²) in [4.78, 5) is 8.46. The van der Waals surface area contributed by atoms with Gasteiger partial charge in [0.2, 0.25) is 5.95 Å². The lowest BCUT2D eigenvalue weighted by Gasteiger charge is -2.17. The SMILES string of the molecule is CCCc1cc(Cc2c(N)nc(N)nc2SC)cc(CCC)c1OC. The Labute approximate surface area is 154 Å². The average Bonchev–Trinajstić information content (AvgIpc) is 2.57. The summed E-state index contributed by atoms with van der Waals surface area (Å²) < 4.78 is 5.70. The minimum absolute atomic E-state index is 0.221. The third-order valence-electron chi connectivity index (χ3n) is 4.14. The summed E-state index contributed by atoms with van der Waals surface area (Å²) in [6, 6.07) is 4.45. The number of methoxy groups -OCH3 is 1. The average molecular weight is 361 g/mol. The lowest BCUT2D eigenvalue weighted by Crippen LogP contribution is -2.08. The maximum atomic E-state index is 6.13. The minimum Gasteiger partial charge on any atom is -0.496 e. The minimum atomic E-state index is 0.221. The van der Waals surface area contributed by atoms with Crippen LogP contribution in [-0.4, -0.2) is 23.3 Å². The van der Waals surface area contributed by atoms with Crippen LogP contribution in [0.4, 0.5) is 11.8 Å². The third kappa shape index (κ3) is 4.57. The fourth-order valence-corrected chi connectivity index (χ4v) is 3.74. The number of aryl methyl sites for hydroxylation is 2. The number of rotatable bonds is 8. The maximum Gasteiger partial charge on any atom is 0.223 e. The van der Waals surface area contributed by atoms with Crippen LogP contribution in [0.15, 0.2) is 17.2 Å². The number of benzene rings is 1. The lowest BCUT2D eigenvalue weighted by molar-refractivity contribution is 0.403. The summed E-state index contributed by atoms with van der Waals surface area (Å²) >= 11 is 1.54. The highest BCUT2D eigenvalue weighted by Crippen LogP contribution is 2.31. The number of aromatic nitrogens is 2. The fourth-order valence-electron chi connectivity index (χ4n) is 3.14. The van der Waals surface area contributed by atoms with Crippen molar-refractivity contribution in [2.24, 2.45) is 0 Å². The largest absolute Gasteiger partial charge is 0.496 e. The van der Waals surface area contributed by atoms with E-state index in [1.165, 1.54) is 16.7 Å². The van der Waals surface area contributed by atoms with E-state index in [1.807, 2.05) is 6.26 Å². The van der Waals surface area contributed by atoms with E-state index in [0.29, 0.717) is 12.2 Å². The summed E-state index contributed by atoms with van der Waals surface area (Å²) in [5, 5.41) is 0.843. The van der Waals surface area contributed by atoms with E-state index >= 15 is 0 Å². The molecule has 0 fully saturated rings.